The number of non-ortho nitro benzene ring substituents is 1. The van der Waals surface area contributed by atoms with Crippen molar-refractivity contribution in [1.82, 2.24) is 0 Å². The number of furan rings is 1. The van der Waals surface area contributed by atoms with Crippen LogP contribution in [0.1, 0.15) is 16.1 Å². The van der Waals surface area contributed by atoms with Crippen LogP contribution in [0, 0.1) is 17.0 Å². The number of carbonyl (C=O) groups is 1. The van der Waals surface area contributed by atoms with Gasteiger partial charge in [-0.3, -0.25) is 14.9 Å². The van der Waals surface area contributed by atoms with E-state index in [9.17, 15) is 14.9 Å². The van der Waals surface area contributed by atoms with Gasteiger partial charge in [-0.1, -0.05) is 0 Å². The lowest BCUT2D eigenvalue weighted by Crippen LogP contribution is -1.90. The van der Waals surface area contributed by atoms with E-state index in [1.165, 1.54) is 18.2 Å². The van der Waals surface area contributed by atoms with Crippen LogP contribution in [-0.4, -0.2) is 10.2 Å². The fourth-order valence-corrected chi connectivity index (χ4v) is 1.73. The maximum Gasteiger partial charge on any atom is 0.287 e. The highest BCUT2D eigenvalue weighted by atomic mass is 35.5. The molecule has 0 fully saturated rings. The Morgan fingerprint density at radius 3 is 2.56 bits per heavy atom. The summed E-state index contributed by atoms with van der Waals surface area (Å²) in [6, 6.07) is 7.47. The van der Waals surface area contributed by atoms with Gasteiger partial charge in [-0.15, -0.1) is 0 Å². The zero-order valence-corrected chi connectivity index (χ0v) is 10.1. The van der Waals surface area contributed by atoms with Gasteiger partial charge in [0.2, 0.25) is 0 Å². The van der Waals surface area contributed by atoms with Crippen LogP contribution in [0.25, 0.3) is 11.3 Å². The van der Waals surface area contributed by atoms with E-state index in [0.29, 0.717) is 16.9 Å². The zero-order valence-electron chi connectivity index (χ0n) is 9.34. The van der Waals surface area contributed by atoms with E-state index in [0.717, 1.165) is 0 Å². The first kappa shape index (κ1) is 12.3. The van der Waals surface area contributed by atoms with Crippen molar-refractivity contribution in [2.45, 2.75) is 6.92 Å². The molecule has 0 N–H and O–H groups in total. The van der Waals surface area contributed by atoms with Crippen molar-refractivity contribution < 1.29 is 14.1 Å². The average molecular weight is 266 g/mol. The molecule has 0 spiro atoms. The van der Waals surface area contributed by atoms with E-state index >= 15 is 0 Å². The Bertz CT molecular complexity index is 633. The van der Waals surface area contributed by atoms with Gasteiger partial charge in [0.05, 0.1) is 4.92 Å². The third kappa shape index (κ3) is 2.26. The molecule has 0 radical (unpaired) electrons. The molecule has 0 saturated carbocycles. The molecule has 18 heavy (non-hydrogen) atoms. The minimum atomic E-state index is -0.680. The normalized spacial score (nSPS) is 10.3. The van der Waals surface area contributed by atoms with Gasteiger partial charge in [-0.05, 0) is 42.3 Å². The van der Waals surface area contributed by atoms with Crippen molar-refractivity contribution in [2.24, 2.45) is 0 Å². The monoisotopic (exact) mass is 265 g/mol. The molecule has 2 rings (SSSR count). The fourth-order valence-electron chi connectivity index (χ4n) is 1.63. The molecular weight excluding hydrogens is 258 g/mol. The number of nitrogens with zero attached hydrogens (tertiary/aromatic N) is 1. The number of halogens is 1. The Balaban J connectivity index is 2.44. The number of hydrogen-bond donors (Lipinski definition) is 0. The van der Waals surface area contributed by atoms with Crippen molar-refractivity contribution in [3.05, 3.63) is 51.8 Å². The first-order chi connectivity index (χ1) is 8.49. The van der Waals surface area contributed by atoms with Crippen LogP contribution < -0.4 is 0 Å². The molecule has 6 heteroatoms. The van der Waals surface area contributed by atoms with Crippen molar-refractivity contribution in [2.75, 3.05) is 0 Å². The Morgan fingerprint density at radius 1 is 1.33 bits per heavy atom. The average Bonchev–Trinajstić information content (AvgIpc) is 2.78. The maximum absolute atomic E-state index is 10.9. The highest BCUT2D eigenvalue weighted by molar-refractivity contribution is 6.67. The largest absolute Gasteiger partial charge is 0.452 e. The first-order valence-electron chi connectivity index (χ1n) is 5.04. The van der Waals surface area contributed by atoms with E-state index in [4.69, 9.17) is 16.0 Å². The molecule has 0 atom stereocenters. The number of carbonyl (C=O) groups excluding carboxylic acids is 1. The highest BCUT2D eigenvalue weighted by Crippen LogP contribution is 2.28. The molecule has 5 nitrogen and oxygen atoms in total. The summed E-state index contributed by atoms with van der Waals surface area (Å²) in [4.78, 5) is 21.0. The predicted octanol–water partition coefficient (Wildman–Crippen LogP) is 3.54. The fraction of sp³-hybridized carbons (Fsp3) is 0.0833. The molecule has 0 bridgehead atoms. The quantitative estimate of drug-likeness (QED) is 0.483. The molecular formula is C12H8ClNO4. The number of aryl methyl sites for hydroxylation is 1. The van der Waals surface area contributed by atoms with Crippen molar-refractivity contribution in [1.29, 1.82) is 0 Å². The third-order valence-electron chi connectivity index (χ3n) is 2.49. The summed E-state index contributed by atoms with van der Waals surface area (Å²) in [6.07, 6.45) is 0. The molecule has 0 amide bonds. The van der Waals surface area contributed by atoms with Crippen molar-refractivity contribution >= 4 is 22.5 Å². The molecule has 0 saturated heterocycles. The molecule has 0 aliphatic carbocycles. The molecule has 1 heterocycles. The summed E-state index contributed by atoms with van der Waals surface area (Å²) in [7, 11) is 0. The first-order valence-corrected chi connectivity index (χ1v) is 5.42. The van der Waals surface area contributed by atoms with Crippen LogP contribution in [0.15, 0.2) is 34.7 Å². The van der Waals surface area contributed by atoms with Gasteiger partial charge in [0.1, 0.15) is 5.76 Å². The number of nitro benzene ring substituents is 1. The van der Waals surface area contributed by atoms with Crippen molar-refractivity contribution in [3.63, 3.8) is 0 Å². The van der Waals surface area contributed by atoms with Gasteiger partial charge in [-0.25, -0.2) is 0 Å². The molecule has 92 valence electrons. The maximum atomic E-state index is 10.9. The SMILES string of the molecule is Cc1cc([N+](=O)[O-])ccc1-c1ccc(C(=O)Cl)o1. The summed E-state index contributed by atoms with van der Waals surface area (Å²) in [5, 5.41) is 9.93. The van der Waals surface area contributed by atoms with Gasteiger partial charge in [0.25, 0.3) is 10.9 Å². The topological polar surface area (TPSA) is 73.3 Å². The second-order valence-electron chi connectivity index (χ2n) is 3.69. The lowest BCUT2D eigenvalue weighted by atomic mass is 10.1. The van der Waals surface area contributed by atoms with Crippen LogP contribution in [0.5, 0.6) is 0 Å². The Morgan fingerprint density at radius 2 is 2.06 bits per heavy atom. The summed E-state index contributed by atoms with van der Waals surface area (Å²) in [5.74, 6) is 0.496. The molecule has 0 unspecified atom stereocenters. The van der Waals surface area contributed by atoms with E-state index in [-0.39, 0.29) is 11.4 Å². The van der Waals surface area contributed by atoms with E-state index < -0.39 is 10.2 Å². The number of hydrogen-bond acceptors (Lipinski definition) is 4. The summed E-state index contributed by atoms with van der Waals surface area (Å²) in [6.45, 7) is 1.73. The molecule has 1 aromatic carbocycles. The van der Waals surface area contributed by atoms with E-state index in [1.54, 1.807) is 19.1 Å². The van der Waals surface area contributed by atoms with Crippen LogP contribution in [0.3, 0.4) is 0 Å². The van der Waals surface area contributed by atoms with Gasteiger partial charge in [0.15, 0.2) is 5.76 Å². The summed E-state index contributed by atoms with van der Waals surface area (Å²) in [5.41, 5.74) is 1.38. The number of rotatable bonds is 3. The zero-order chi connectivity index (χ0) is 13.3. The Labute approximate surface area is 107 Å². The van der Waals surface area contributed by atoms with Crippen LogP contribution >= 0.6 is 11.6 Å². The minimum absolute atomic E-state index is 0.0106. The Kier molecular flexibility index (Phi) is 3.16. The van der Waals surface area contributed by atoms with Gasteiger partial charge in [-0.2, -0.15) is 0 Å². The molecule has 1 aromatic heterocycles. The van der Waals surface area contributed by atoms with Crippen LogP contribution in [-0.2, 0) is 0 Å². The minimum Gasteiger partial charge on any atom is -0.452 e. The third-order valence-corrected chi connectivity index (χ3v) is 2.67. The molecule has 0 aliphatic heterocycles. The van der Waals surface area contributed by atoms with Gasteiger partial charge >= 0.3 is 0 Å². The van der Waals surface area contributed by atoms with Gasteiger partial charge in [0, 0.05) is 17.7 Å². The van der Waals surface area contributed by atoms with E-state index in [2.05, 4.69) is 0 Å². The molecule has 2 aromatic rings. The second-order valence-corrected chi connectivity index (χ2v) is 4.04. The van der Waals surface area contributed by atoms with Crippen LogP contribution in [0.2, 0.25) is 0 Å². The van der Waals surface area contributed by atoms with Crippen molar-refractivity contribution in [3.8, 4) is 11.3 Å². The lowest BCUT2D eigenvalue weighted by molar-refractivity contribution is -0.384. The standard InChI is InChI=1S/C12H8ClNO4/c1-7-6-8(14(16)17)2-3-9(7)10-4-5-11(18-10)12(13)15/h2-6H,1H3. The van der Waals surface area contributed by atoms with Crippen LogP contribution in [0.4, 0.5) is 5.69 Å². The highest BCUT2D eigenvalue weighted by Gasteiger charge is 2.14. The van der Waals surface area contributed by atoms with E-state index in [1.807, 2.05) is 0 Å². The number of nitro groups is 1. The smallest absolute Gasteiger partial charge is 0.287 e. The summed E-state index contributed by atoms with van der Waals surface area (Å²) < 4.78 is 5.26. The predicted molar refractivity (Wildman–Crippen MR) is 65.7 cm³/mol. The lowest BCUT2D eigenvalue weighted by Gasteiger charge is -2.02. The number of benzene rings is 1. The Hall–Kier alpha value is -2.14. The second kappa shape index (κ2) is 4.62. The molecule has 0 aliphatic rings. The van der Waals surface area contributed by atoms with Gasteiger partial charge < -0.3 is 4.42 Å². The summed E-state index contributed by atoms with van der Waals surface area (Å²) >= 11 is 5.29.